The van der Waals surface area contributed by atoms with E-state index < -0.39 is 11.9 Å². The molecule has 0 aliphatic carbocycles. The van der Waals surface area contributed by atoms with Gasteiger partial charge in [0.05, 0.1) is 6.61 Å². The first-order chi connectivity index (χ1) is 12.7. The lowest BCUT2D eigenvalue weighted by Gasteiger charge is -2.01. The van der Waals surface area contributed by atoms with Crippen molar-refractivity contribution in [1.82, 2.24) is 0 Å². The Hall–Kier alpha value is -1.58. The zero-order valence-corrected chi connectivity index (χ0v) is 16.8. The molecule has 0 bridgehead atoms. The number of unbranched alkanes of at least 4 members (excludes halogenated alkanes) is 10. The predicted molar refractivity (Wildman–Crippen MR) is 107 cm³/mol. The van der Waals surface area contributed by atoms with Crippen LogP contribution >= 0.6 is 0 Å². The molecule has 0 aliphatic heterocycles. The van der Waals surface area contributed by atoms with Crippen LogP contribution in [0.15, 0.2) is 24.3 Å². The second-order valence-corrected chi connectivity index (χ2v) is 6.57. The molecule has 0 saturated heterocycles. The summed E-state index contributed by atoms with van der Waals surface area (Å²) in [7, 11) is 0. The summed E-state index contributed by atoms with van der Waals surface area (Å²) in [6.07, 6.45) is 20.4. The van der Waals surface area contributed by atoms with Crippen molar-refractivity contribution < 1.29 is 19.1 Å². The molecule has 0 aromatic rings. The van der Waals surface area contributed by atoms with Crippen molar-refractivity contribution in [3.8, 4) is 0 Å². The first-order valence-electron chi connectivity index (χ1n) is 10.4. The summed E-state index contributed by atoms with van der Waals surface area (Å²) in [4.78, 5) is 22.9. The Bertz CT molecular complexity index is 399. The van der Waals surface area contributed by atoms with Crippen LogP contribution in [0.4, 0.5) is 0 Å². The molecule has 0 unspecified atom stereocenters. The zero-order valence-electron chi connectivity index (χ0n) is 16.8. The highest BCUT2D eigenvalue weighted by atomic mass is 16.5. The molecule has 0 atom stereocenters. The van der Waals surface area contributed by atoms with Gasteiger partial charge in [-0.25, -0.2) is 9.59 Å². The van der Waals surface area contributed by atoms with Crippen molar-refractivity contribution in [3.63, 3.8) is 0 Å². The molecule has 0 spiro atoms. The van der Waals surface area contributed by atoms with Crippen LogP contribution in [0.25, 0.3) is 0 Å². The monoisotopic (exact) mass is 366 g/mol. The smallest absolute Gasteiger partial charge is 0.331 e. The fraction of sp³-hybridized carbons (Fsp3) is 0.727. The number of carbonyl (C=O) groups is 2. The van der Waals surface area contributed by atoms with E-state index in [0.29, 0.717) is 6.61 Å². The van der Waals surface area contributed by atoms with Crippen LogP contribution in [0, 0.1) is 0 Å². The van der Waals surface area contributed by atoms with E-state index in [9.17, 15) is 9.59 Å². The van der Waals surface area contributed by atoms with Gasteiger partial charge in [0.15, 0.2) is 0 Å². The summed E-state index contributed by atoms with van der Waals surface area (Å²) in [5.41, 5.74) is 0. The molecular weight excluding hydrogens is 328 g/mol. The molecule has 0 N–H and O–H groups in total. The van der Waals surface area contributed by atoms with Crippen molar-refractivity contribution >= 4 is 11.9 Å². The highest BCUT2D eigenvalue weighted by molar-refractivity contribution is 5.91. The van der Waals surface area contributed by atoms with Crippen LogP contribution in [0.1, 0.15) is 90.9 Å². The van der Waals surface area contributed by atoms with Crippen LogP contribution in [0.5, 0.6) is 0 Å². The third kappa shape index (κ3) is 18.8. The number of hydrogen-bond acceptors (Lipinski definition) is 4. The fourth-order valence-corrected chi connectivity index (χ4v) is 2.47. The Morgan fingerprint density at radius 2 is 1.19 bits per heavy atom. The van der Waals surface area contributed by atoms with Gasteiger partial charge in [0, 0.05) is 12.2 Å². The Morgan fingerprint density at radius 1 is 0.654 bits per heavy atom. The Morgan fingerprint density at radius 3 is 1.85 bits per heavy atom. The molecule has 4 nitrogen and oxygen atoms in total. The van der Waals surface area contributed by atoms with E-state index in [4.69, 9.17) is 9.47 Å². The van der Waals surface area contributed by atoms with Gasteiger partial charge in [0.1, 0.15) is 6.61 Å². The number of esters is 2. The molecule has 26 heavy (non-hydrogen) atoms. The van der Waals surface area contributed by atoms with Gasteiger partial charge in [-0.05, 0) is 19.3 Å². The highest BCUT2D eigenvalue weighted by Crippen LogP contribution is 2.07. The van der Waals surface area contributed by atoms with Gasteiger partial charge in [0.25, 0.3) is 0 Å². The second-order valence-electron chi connectivity index (χ2n) is 6.57. The van der Waals surface area contributed by atoms with E-state index in [0.717, 1.165) is 31.4 Å². The fourth-order valence-electron chi connectivity index (χ4n) is 2.47. The van der Waals surface area contributed by atoms with Crippen LogP contribution in [0.2, 0.25) is 0 Å². The molecule has 150 valence electrons. The van der Waals surface area contributed by atoms with Gasteiger partial charge < -0.3 is 9.47 Å². The average Bonchev–Trinajstić information content (AvgIpc) is 2.64. The largest absolute Gasteiger partial charge is 0.463 e. The van der Waals surface area contributed by atoms with E-state index in [1.807, 2.05) is 12.2 Å². The summed E-state index contributed by atoms with van der Waals surface area (Å²) in [6, 6.07) is 0. The Kier molecular flexibility index (Phi) is 18.5. The normalized spacial score (nSPS) is 11.3. The first kappa shape index (κ1) is 24.4. The first-order valence-corrected chi connectivity index (χ1v) is 10.4. The van der Waals surface area contributed by atoms with Crippen molar-refractivity contribution in [3.05, 3.63) is 24.3 Å². The van der Waals surface area contributed by atoms with Gasteiger partial charge in [-0.15, -0.1) is 0 Å². The third-order valence-electron chi connectivity index (χ3n) is 4.06. The average molecular weight is 367 g/mol. The van der Waals surface area contributed by atoms with Crippen molar-refractivity contribution in [2.45, 2.75) is 90.9 Å². The van der Waals surface area contributed by atoms with E-state index in [2.05, 4.69) is 13.8 Å². The lowest BCUT2D eigenvalue weighted by molar-refractivity contribution is -0.140. The van der Waals surface area contributed by atoms with Crippen molar-refractivity contribution in [2.75, 3.05) is 13.2 Å². The van der Waals surface area contributed by atoms with Crippen LogP contribution in [-0.2, 0) is 19.1 Å². The molecule has 0 aliphatic rings. The SMILES string of the molecule is CCCCCCCC/C=C/COC(=O)/C=C/C(=O)OCCCCCCC. The second kappa shape index (κ2) is 19.7. The molecule has 4 heteroatoms. The van der Waals surface area contributed by atoms with Crippen molar-refractivity contribution in [1.29, 1.82) is 0 Å². The summed E-state index contributed by atoms with van der Waals surface area (Å²) in [5, 5.41) is 0. The lowest BCUT2D eigenvalue weighted by atomic mass is 10.1. The van der Waals surface area contributed by atoms with E-state index in [-0.39, 0.29) is 6.61 Å². The minimum atomic E-state index is -0.519. The lowest BCUT2D eigenvalue weighted by Crippen LogP contribution is -2.05. The molecule has 0 heterocycles. The quantitative estimate of drug-likeness (QED) is 0.139. The van der Waals surface area contributed by atoms with E-state index >= 15 is 0 Å². The molecule has 0 amide bonds. The summed E-state index contributed by atoms with van der Waals surface area (Å²) < 4.78 is 10.0. The van der Waals surface area contributed by atoms with E-state index in [1.165, 1.54) is 57.8 Å². The topological polar surface area (TPSA) is 52.6 Å². The maximum absolute atomic E-state index is 11.5. The summed E-state index contributed by atoms with van der Waals surface area (Å²) in [6.45, 7) is 5.03. The van der Waals surface area contributed by atoms with Crippen molar-refractivity contribution in [2.24, 2.45) is 0 Å². The van der Waals surface area contributed by atoms with Gasteiger partial charge in [-0.3, -0.25) is 0 Å². The van der Waals surface area contributed by atoms with Crippen LogP contribution < -0.4 is 0 Å². The maximum atomic E-state index is 11.5. The number of allylic oxidation sites excluding steroid dienone is 1. The molecule has 0 saturated carbocycles. The third-order valence-corrected chi connectivity index (χ3v) is 4.06. The summed E-state index contributed by atoms with van der Waals surface area (Å²) >= 11 is 0. The van der Waals surface area contributed by atoms with Crippen LogP contribution in [0.3, 0.4) is 0 Å². The minimum absolute atomic E-state index is 0.242. The van der Waals surface area contributed by atoms with Gasteiger partial charge >= 0.3 is 11.9 Å². The molecule has 0 radical (unpaired) electrons. The molecule has 0 aromatic carbocycles. The molecule has 0 aromatic heterocycles. The maximum Gasteiger partial charge on any atom is 0.331 e. The van der Waals surface area contributed by atoms with Crippen LogP contribution in [-0.4, -0.2) is 25.2 Å². The van der Waals surface area contributed by atoms with E-state index in [1.54, 1.807) is 0 Å². The zero-order chi connectivity index (χ0) is 19.3. The number of hydrogen-bond donors (Lipinski definition) is 0. The van der Waals surface area contributed by atoms with Gasteiger partial charge in [-0.1, -0.05) is 83.8 Å². The Labute approximate surface area is 160 Å². The standard InChI is InChI=1S/C22H38O4/c1-3-5-7-9-10-11-12-14-16-20-26-22(24)18-17-21(23)25-19-15-13-8-6-4-2/h14,16-18H,3-13,15,19-20H2,1-2H3/b16-14+,18-17+. The Balaban J connectivity index is 3.55. The number of rotatable bonds is 17. The minimum Gasteiger partial charge on any atom is -0.463 e. The molecule has 0 rings (SSSR count). The molecule has 0 fully saturated rings. The predicted octanol–water partition coefficient (Wildman–Crippen LogP) is 5.91. The highest BCUT2D eigenvalue weighted by Gasteiger charge is 2.00. The number of ether oxygens (including phenoxy) is 2. The molecular formula is C22H38O4. The van der Waals surface area contributed by atoms with Gasteiger partial charge in [0.2, 0.25) is 0 Å². The number of carbonyl (C=O) groups excluding carboxylic acids is 2. The summed E-state index contributed by atoms with van der Waals surface area (Å²) in [5.74, 6) is -1.01. The van der Waals surface area contributed by atoms with Gasteiger partial charge in [-0.2, -0.15) is 0 Å².